The quantitative estimate of drug-likeness (QED) is 0.197. The van der Waals surface area contributed by atoms with Gasteiger partial charge in [-0.2, -0.15) is 9.97 Å². The summed E-state index contributed by atoms with van der Waals surface area (Å²) in [6.07, 6.45) is 7.49. The number of piperazine rings is 1. The van der Waals surface area contributed by atoms with Crippen LogP contribution in [0.3, 0.4) is 0 Å². The number of alkyl halides is 1. The number of ether oxygens (including phenoxy) is 2. The highest BCUT2D eigenvalue weighted by atomic mass is 19.2. The molecule has 4 aromatic rings. The molecule has 4 atom stereocenters. The van der Waals surface area contributed by atoms with Crippen molar-refractivity contribution >= 4 is 27.5 Å². The largest absolute Gasteiger partial charge is 0.508 e. The Morgan fingerprint density at radius 2 is 1.94 bits per heavy atom. The number of benzene rings is 2. The zero-order valence-electron chi connectivity index (χ0n) is 26.9. The standard InChI is InChI=1S/C35H36F4N6O3/c1-5-21-16-45(18(3)14-40-21)32-27-31(42-34(43-32)48-17-35-8-7-9-44(35)15-20(36)13-35)29(39)30(41-33(27)47-4)24-12-22(46)10-19-11-25(37)28(38)23(6-2)26(19)24/h2,10-12,18,20-21,40,46H,5,7-9,13-17H2,1,3-4H3/t18-,20-,21-,35+/m1/s1. The van der Waals surface area contributed by atoms with Crippen LogP contribution in [-0.4, -0.2) is 88.6 Å². The number of rotatable bonds is 7. The second-order valence-corrected chi connectivity index (χ2v) is 13.0. The first-order valence-corrected chi connectivity index (χ1v) is 16.2. The minimum atomic E-state index is -1.29. The summed E-state index contributed by atoms with van der Waals surface area (Å²) in [5, 5.41) is 14.3. The lowest BCUT2D eigenvalue weighted by atomic mass is 9.95. The molecule has 3 aliphatic heterocycles. The highest BCUT2D eigenvalue weighted by molar-refractivity contribution is 6.04. The number of nitrogens with zero attached hydrogens (tertiary/aromatic N) is 5. The van der Waals surface area contributed by atoms with Crippen molar-refractivity contribution in [2.24, 2.45) is 0 Å². The number of aromatic nitrogens is 3. The molecule has 0 spiro atoms. The van der Waals surface area contributed by atoms with E-state index in [0.717, 1.165) is 31.9 Å². The van der Waals surface area contributed by atoms with Gasteiger partial charge in [0.05, 0.1) is 18.2 Å². The number of methoxy groups -OCH3 is 1. The fourth-order valence-electron chi connectivity index (χ4n) is 7.64. The molecule has 0 amide bonds. The lowest BCUT2D eigenvalue weighted by molar-refractivity contribution is 0.107. The third-order valence-electron chi connectivity index (χ3n) is 10.1. The van der Waals surface area contributed by atoms with Crippen molar-refractivity contribution in [3.8, 4) is 41.2 Å². The van der Waals surface area contributed by atoms with E-state index in [4.69, 9.17) is 20.9 Å². The molecule has 9 nitrogen and oxygen atoms in total. The molecule has 0 bridgehead atoms. The molecule has 48 heavy (non-hydrogen) atoms. The van der Waals surface area contributed by atoms with Crippen LogP contribution in [0.1, 0.15) is 45.1 Å². The first-order valence-electron chi connectivity index (χ1n) is 16.2. The van der Waals surface area contributed by atoms with Crippen LogP contribution in [0, 0.1) is 29.8 Å². The number of hydrogen-bond donors (Lipinski definition) is 2. The van der Waals surface area contributed by atoms with Crippen molar-refractivity contribution in [2.45, 2.75) is 63.3 Å². The van der Waals surface area contributed by atoms with Gasteiger partial charge in [-0.05, 0) is 56.3 Å². The molecule has 13 heteroatoms. The molecule has 0 aliphatic carbocycles. The Bertz CT molecular complexity index is 1970. The van der Waals surface area contributed by atoms with Crippen LogP contribution < -0.4 is 19.7 Å². The second-order valence-electron chi connectivity index (χ2n) is 13.0. The van der Waals surface area contributed by atoms with Crippen molar-refractivity contribution < 1.29 is 32.1 Å². The predicted molar refractivity (Wildman–Crippen MR) is 174 cm³/mol. The highest BCUT2D eigenvalue weighted by Crippen LogP contribution is 2.44. The summed E-state index contributed by atoms with van der Waals surface area (Å²) in [7, 11) is 1.37. The van der Waals surface area contributed by atoms with Crippen LogP contribution in [0.2, 0.25) is 0 Å². The molecule has 5 heterocycles. The number of pyridine rings is 1. The van der Waals surface area contributed by atoms with Gasteiger partial charge in [0, 0.05) is 49.1 Å². The van der Waals surface area contributed by atoms with Crippen molar-refractivity contribution in [3.05, 3.63) is 41.2 Å². The molecule has 7 rings (SSSR count). The fourth-order valence-corrected chi connectivity index (χ4v) is 7.64. The van der Waals surface area contributed by atoms with Gasteiger partial charge in [0.1, 0.15) is 40.9 Å². The number of halogens is 4. The number of hydrogen-bond acceptors (Lipinski definition) is 9. The summed E-state index contributed by atoms with van der Waals surface area (Å²) >= 11 is 0. The lowest BCUT2D eigenvalue weighted by Crippen LogP contribution is -2.55. The van der Waals surface area contributed by atoms with Gasteiger partial charge >= 0.3 is 6.01 Å². The molecular weight excluding hydrogens is 628 g/mol. The summed E-state index contributed by atoms with van der Waals surface area (Å²) in [5.41, 5.74) is -1.57. The smallest absolute Gasteiger partial charge is 0.319 e. The summed E-state index contributed by atoms with van der Waals surface area (Å²) < 4.78 is 73.0. The number of nitrogens with one attached hydrogen (secondary N) is 1. The second kappa shape index (κ2) is 12.2. The van der Waals surface area contributed by atoms with Crippen LogP contribution in [-0.2, 0) is 0 Å². The molecule has 3 saturated heterocycles. The minimum Gasteiger partial charge on any atom is -0.508 e. The zero-order chi connectivity index (χ0) is 33.9. The molecule has 252 valence electrons. The molecule has 0 radical (unpaired) electrons. The van der Waals surface area contributed by atoms with E-state index < -0.39 is 34.7 Å². The number of aromatic hydroxyl groups is 1. The van der Waals surface area contributed by atoms with E-state index in [1.54, 1.807) is 0 Å². The molecule has 0 saturated carbocycles. The first kappa shape index (κ1) is 32.2. The van der Waals surface area contributed by atoms with E-state index in [1.807, 2.05) is 11.8 Å². The Morgan fingerprint density at radius 3 is 2.69 bits per heavy atom. The maximum Gasteiger partial charge on any atom is 0.319 e. The Kier molecular flexibility index (Phi) is 8.20. The number of phenols is 1. The van der Waals surface area contributed by atoms with E-state index in [0.29, 0.717) is 31.9 Å². The lowest BCUT2D eigenvalue weighted by Gasteiger charge is -2.40. The van der Waals surface area contributed by atoms with Crippen LogP contribution in [0.25, 0.3) is 32.9 Å². The van der Waals surface area contributed by atoms with E-state index in [9.17, 15) is 18.3 Å². The van der Waals surface area contributed by atoms with Crippen molar-refractivity contribution in [1.29, 1.82) is 0 Å². The summed E-state index contributed by atoms with van der Waals surface area (Å²) in [6.45, 7) is 6.50. The summed E-state index contributed by atoms with van der Waals surface area (Å²) in [6, 6.07) is 3.23. The maximum absolute atomic E-state index is 17.1. The molecule has 2 aromatic heterocycles. The normalized spacial score (nSPS) is 24.3. The van der Waals surface area contributed by atoms with Crippen LogP contribution in [0.5, 0.6) is 17.6 Å². The van der Waals surface area contributed by atoms with E-state index >= 15 is 4.39 Å². The fraction of sp³-hybridized carbons (Fsp3) is 0.457. The molecule has 3 fully saturated rings. The van der Waals surface area contributed by atoms with Crippen molar-refractivity contribution in [3.63, 3.8) is 0 Å². The number of fused-ring (bicyclic) bond motifs is 3. The van der Waals surface area contributed by atoms with Gasteiger partial charge < -0.3 is 24.8 Å². The van der Waals surface area contributed by atoms with Crippen LogP contribution >= 0.6 is 0 Å². The van der Waals surface area contributed by atoms with Gasteiger partial charge in [0.15, 0.2) is 17.5 Å². The SMILES string of the molecule is C#Cc1c(F)c(F)cc2cc(O)cc(-c3nc(OC)c4c(N5C[C@@H](CC)NC[C@H]5C)nc(OC[C@@]56CCCN5C[C@H](F)C6)nc4c3F)c12. The third-order valence-corrected chi connectivity index (χ3v) is 10.1. The third kappa shape index (κ3) is 5.22. The molecule has 0 unspecified atom stereocenters. The molecular formula is C35H36F4N6O3. The zero-order valence-corrected chi connectivity index (χ0v) is 26.9. The van der Waals surface area contributed by atoms with Crippen LogP contribution in [0.15, 0.2) is 18.2 Å². The Balaban J connectivity index is 1.45. The van der Waals surface area contributed by atoms with Crippen LogP contribution in [0.4, 0.5) is 23.4 Å². The Hall–Kier alpha value is -4.41. The van der Waals surface area contributed by atoms with Gasteiger partial charge in [-0.1, -0.05) is 12.8 Å². The monoisotopic (exact) mass is 664 g/mol. The van der Waals surface area contributed by atoms with Gasteiger partial charge in [-0.15, -0.1) is 6.42 Å². The van der Waals surface area contributed by atoms with E-state index in [2.05, 4.69) is 33.0 Å². The van der Waals surface area contributed by atoms with Gasteiger partial charge in [0.2, 0.25) is 5.88 Å². The average molecular weight is 665 g/mol. The van der Waals surface area contributed by atoms with Gasteiger partial charge in [-0.3, -0.25) is 4.90 Å². The predicted octanol–water partition coefficient (Wildman–Crippen LogP) is 5.49. The van der Waals surface area contributed by atoms with Crippen molar-refractivity contribution in [2.75, 3.05) is 44.8 Å². The van der Waals surface area contributed by atoms with E-state index in [1.165, 1.54) is 19.2 Å². The van der Waals surface area contributed by atoms with E-state index in [-0.39, 0.29) is 69.3 Å². The highest BCUT2D eigenvalue weighted by Gasteiger charge is 2.49. The Morgan fingerprint density at radius 1 is 1.12 bits per heavy atom. The maximum atomic E-state index is 17.1. The number of anilines is 1. The topological polar surface area (TPSA) is 95.9 Å². The first-order chi connectivity index (χ1) is 23.1. The summed E-state index contributed by atoms with van der Waals surface area (Å²) in [5.74, 6) is -1.29. The van der Waals surface area contributed by atoms with Gasteiger partial charge in [0.25, 0.3) is 0 Å². The van der Waals surface area contributed by atoms with Gasteiger partial charge in [-0.25, -0.2) is 22.5 Å². The average Bonchev–Trinajstić information content (AvgIpc) is 3.60. The Labute approximate surface area is 275 Å². The van der Waals surface area contributed by atoms with Crippen molar-refractivity contribution in [1.82, 2.24) is 25.2 Å². The molecule has 2 N–H and O–H groups in total. The number of terminal acetylenes is 1. The molecule has 2 aromatic carbocycles. The molecule has 3 aliphatic rings. The minimum absolute atomic E-state index is 0.0169. The summed E-state index contributed by atoms with van der Waals surface area (Å²) in [4.78, 5) is 18.0. The number of phenolic OH excluding ortho intramolecular Hbond substituents is 1.